The van der Waals surface area contributed by atoms with E-state index in [-0.39, 0.29) is 25.0 Å². The molecule has 0 aromatic heterocycles. The molecule has 0 spiro atoms. The van der Waals surface area contributed by atoms with Gasteiger partial charge in [0.2, 0.25) is 0 Å². The Kier molecular flexibility index (Phi) is 6.99. The Bertz CT molecular complexity index is 737. The van der Waals surface area contributed by atoms with Gasteiger partial charge in [0, 0.05) is 11.5 Å². The first-order valence-electron chi connectivity index (χ1n) is 9.02. The highest BCUT2D eigenvalue weighted by atomic mass is 28.3. The maximum absolute atomic E-state index is 12.8. The SMILES string of the molecule is C[Si](C)(C)C1=[N+]([O-])N(N)N(CCCCC(=O)O)N1C(=O)OCc1ccccc1. The Balaban J connectivity index is 2.16. The van der Waals surface area contributed by atoms with E-state index in [4.69, 9.17) is 15.7 Å². The van der Waals surface area contributed by atoms with Crippen LogP contribution in [-0.2, 0) is 16.1 Å². The van der Waals surface area contributed by atoms with E-state index in [0.29, 0.717) is 17.7 Å². The van der Waals surface area contributed by atoms with Crippen LogP contribution in [0.2, 0.25) is 19.6 Å². The normalized spacial score (nSPS) is 15.3. The molecule has 0 atom stereocenters. The van der Waals surface area contributed by atoms with Gasteiger partial charge in [-0.25, -0.2) is 0 Å². The largest absolute Gasteiger partial charge is 0.691 e. The Morgan fingerprint density at radius 2 is 1.86 bits per heavy atom. The number of amides is 1. The second-order valence-corrected chi connectivity index (χ2v) is 12.4. The summed E-state index contributed by atoms with van der Waals surface area (Å²) in [6.45, 7) is 6.04. The number of benzene rings is 1. The number of amidine groups is 1. The van der Waals surface area contributed by atoms with Gasteiger partial charge in [-0.05, 0) is 18.4 Å². The maximum Gasteiger partial charge on any atom is 0.527 e. The summed E-state index contributed by atoms with van der Waals surface area (Å²) in [5.41, 5.74) is 1.08. The highest BCUT2D eigenvalue weighted by Crippen LogP contribution is 2.21. The van der Waals surface area contributed by atoms with Crippen LogP contribution in [0.1, 0.15) is 24.8 Å². The van der Waals surface area contributed by atoms with E-state index in [1.807, 2.05) is 50.0 Å². The van der Waals surface area contributed by atoms with E-state index in [1.54, 1.807) is 0 Å². The van der Waals surface area contributed by atoms with E-state index in [2.05, 4.69) is 0 Å². The number of nitrogens with zero attached hydrogens (tertiary/aromatic N) is 4. The van der Waals surface area contributed by atoms with E-state index >= 15 is 0 Å². The van der Waals surface area contributed by atoms with Crippen molar-refractivity contribution in [2.24, 2.45) is 5.84 Å². The van der Waals surface area contributed by atoms with Gasteiger partial charge in [-0.15, -0.1) is 4.85 Å². The standard InChI is InChI=1S/C17H27N5O5Si/c1-28(2,3)16-20(17(25)27-13-14-9-5-4-6-10-14)19(22(18)21(16)26)12-8-7-11-15(23)24/h4-6,9-10H,7-8,11-13,18H2,1-3H3,(H,23,24). The van der Waals surface area contributed by atoms with Crippen LogP contribution >= 0.6 is 0 Å². The number of carboxylic acid groups (broad SMARTS) is 1. The molecular weight excluding hydrogens is 382 g/mol. The number of carboxylic acids is 1. The Morgan fingerprint density at radius 3 is 2.43 bits per heavy atom. The molecular formula is C17H27N5O5Si. The molecule has 0 bridgehead atoms. The summed E-state index contributed by atoms with van der Waals surface area (Å²) in [5, 5.41) is 24.7. The topological polar surface area (TPSA) is 125 Å². The number of rotatable bonds is 8. The van der Waals surface area contributed by atoms with E-state index < -0.39 is 20.1 Å². The molecule has 0 aliphatic carbocycles. The first-order valence-corrected chi connectivity index (χ1v) is 12.5. The number of nitrogens with two attached hydrogens (primary N) is 1. The smallest absolute Gasteiger partial charge is 0.527 e. The number of carbonyl (C=O) groups is 2. The lowest BCUT2D eigenvalue weighted by Crippen LogP contribution is -2.57. The van der Waals surface area contributed by atoms with E-state index in [0.717, 1.165) is 10.8 Å². The Hall–Kier alpha value is -2.63. The molecule has 11 heteroatoms. The Labute approximate surface area is 164 Å². The van der Waals surface area contributed by atoms with Crippen LogP contribution < -0.4 is 5.84 Å². The minimum Gasteiger partial charge on any atom is -0.691 e. The second-order valence-electron chi connectivity index (χ2n) is 7.47. The summed E-state index contributed by atoms with van der Waals surface area (Å²) in [6, 6.07) is 9.21. The summed E-state index contributed by atoms with van der Waals surface area (Å²) in [4.78, 5) is 24.0. The molecule has 28 heavy (non-hydrogen) atoms. The number of hydrogen-bond donors (Lipinski definition) is 2. The van der Waals surface area contributed by atoms with Crippen molar-refractivity contribution in [1.82, 2.24) is 15.4 Å². The zero-order chi connectivity index (χ0) is 20.9. The van der Waals surface area contributed by atoms with Gasteiger partial charge < -0.3 is 15.1 Å². The number of unbranched alkanes of at least 4 members (excludes halogenated alkanes) is 1. The molecule has 2 rings (SSSR count). The fourth-order valence-electron chi connectivity index (χ4n) is 2.77. The van der Waals surface area contributed by atoms with E-state index in [1.165, 1.54) is 10.1 Å². The molecule has 1 heterocycles. The van der Waals surface area contributed by atoms with Gasteiger partial charge >= 0.3 is 12.1 Å². The molecule has 1 amide bonds. The van der Waals surface area contributed by atoms with Crippen molar-refractivity contribution < 1.29 is 24.3 Å². The summed E-state index contributed by atoms with van der Waals surface area (Å²) < 4.78 is 5.41. The van der Waals surface area contributed by atoms with Crippen molar-refractivity contribution in [1.29, 1.82) is 0 Å². The summed E-state index contributed by atoms with van der Waals surface area (Å²) in [7, 11) is -2.27. The van der Waals surface area contributed by atoms with Gasteiger partial charge in [0.05, 0.1) is 6.54 Å². The van der Waals surface area contributed by atoms with Crippen LogP contribution in [0.15, 0.2) is 30.3 Å². The molecule has 0 saturated carbocycles. The molecule has 1 aliphatic rings. The third-order valence-corrected chi connectivity index (χ3v) is 5.83. The zero-order valence-electron chi connectivity index (χ0n) is 16.4. The maximum atomic E-state index is 12.8. The molecule has 154 valence electrons. The number of aliphatic carboxylic acids is 1. The zero-order valence-corrected chi connectivity index (χ0v) is 17.4. The summed E-state index contributed by atoms with van der Waals surface area (Å²) in [6.07, 6.45) is 0.138. The highest BCUT2D eigenvalue weighted by Gasteiger charge is 2.52. The number of hydrogen-bond acceptors (Lipinski definition) is 7. The molecule has 1 aromatic rings. The first-order chi connectivity index (χ1) is 13.1. The highest BCUT2D eigenvalue weighted by molar-refractivity contribution is 7.03. The fraction of sp³-hybridized carbons (Fsp3) is 0.471. The molecule has 1 aliphatic heterocycles. The van der Waals surface area contributed by atoms with Gasteiger partial charge in [-0.1, -0.05) is 60.2 Å². The average Bonchev–Trinajstić information content (AvgIpc) is 2.88. The van der Waals surface area contributed by atoms with Crippen molar-refractivity contribution in [2.75, 3.05) is 6.54 Å². The number of hydrazine groups is 4. The van der Waals surface area contributed by atoms with Gasteiger partial charge in [0.1, 0.15) is 6.61 Å². The summed E-state index contributed by atoms with van der Waals surface area (Å²) >= 11 is 0. The quantitative estimate of drug-likeness (QED) is 0.219. The van der Waals surface area contributed by atoms with Crippen LogP contribution in [0, 0.1) is 5.21 Å². The van der Waals surface area contributed by atoms with Crippen molar-refractivity contribution >= 4 is 25.6 Å². The van der Waals surface area contributed by atoms with Crippen LogP contribution in [-0.4, -0.2) is 57.4 Å². The third kappa shape index (κ3) is 5.21. The van der Waals surface area contributed by atoms with Crippen molar-refractivity contribution in [2.45, 2.75) is 45.5 Å². The molecule has 3 N–H and O–H groups in total. The molecule has 0 unspecified atom stereocenters. The van der Waals surface area contributed by atoms with Crippen LogP contribution in [0.25, 0.3) is 0 Å². The minimum absolute atomic E-state index is 0.00253. The lowest BCUT2D eigenvalue weighted by Gasteiger charge is -2.25. The van der Waals surface area contributed by atoms with Crippen molar-refractivity contribution in [3.8, 4) is 0 Å². The lowest BCUT2D eigenvalue weighted by atomic mass is 10.2. The van der Waals surface area contributed by atoms with E-state index in [9.17, 15) is 14.8 Å². The van der Waals surface area contributed by atoms with Gasteiger partial charge in [0.25, 0.3) is 5.46 Å². The lowest BCUT2D eigenvalue weighted by molar-refractivity contribution is -0.673. The second kappa shape index (κ2) is 9.04. The molecule has 0 radical (unpaired) electrons. The minimum atomic E-state index is -2.27. The molecule has 1 aromatic carbocycles. The Morgan fingerprint density at radius 1 is 1.21 bits per heavy atom. The van der Waals surface area contributed by atoms with Crippen molar-refractivity contribution in [3.05, 3.63) is 41.1 Å². The van der Waals surface area contributed by atoms with Gasteiger partial charge in [0.15, 0.2) is 8.07 Å². The first kappa shape index (κ1) is 21.7. The fourth-order valence-corrected chi connectivity index (χ4v) is 4.29. The molecule has 0 saturated heterocycles. The van der Waals surface area contributed by atoms with Crippen LogP contribution in [0.3, 0.4) is 0 Å². The van der Waals surface area contributed by atoms with Gasteiger partial charge in [-0.3, -0.25) is 4.79 Å². The molecule has 0 fully saturated rings. The number of carbonyl (C=O) groups excluding carboxylic acids is 1. The monoisotopic (exact) mass is 409 g/mol. The predicted octanol–water partition coefficient (Wildman–Crippen LogP) is 1.90. The van der Waals surface area contributed by atoms with Crippen LogP contribution in [0.5, 0.6) is 0 Å². The van der Waals surface area contributed by atoms with Crippen molar-refractivity contribution in [3.63, 3.8) is 0 Å². The number of ether oxygens (including phenoxy) is 1. The summed E-state index contributed by atoms with van der Waals surface area (Å²) in [5.74, 6) is 5.00. The van der Waals surface area contributed by atoms with Crippen LogP contribution in [0.4, 0.5) is 4.79 Å². The number of hydrazone groups is 1. The average molecular weight is 410 g/mol. The predicted molar refractivity (Wildman–Crippen MR) is 105 cm³/mol. The third-order valence-electron chi connectivity index (χ3n) is 4.08. The molecule has 10 nitrogen and oxygen atoms in total. The van der Waals surface area contributed by atoms with Gasteiger partial charge in [-0.2, -0.15) is 10.6 Å².